The van der Waals surface area contributed by atoms with Gasteiger partial charge in [0.05, 0.1) is 18.2 Å². The molecule has 1 fully saturated rings. The van der Waals surface area contributed by atoms with Gasteiger partial charge in [0.15, 0.2) is 11.9 Å². The molecule has 8 heteroatoms. The molecule has 1 unspecified atom stereocenters. The number of rotatable bonds is 2. The molecule has 0 spiro atoms. The van der Waals surface area contributed by atoms with E-state index in [9.17, 15) is 10.2 Å². The van der Waals surface area contributed by atoms with Gasteiger partial charge in [-0.05, 0) is 0 Å². The number of aliphatic hydroxyl groups is 3. The highest BCUT2D eigenvalue weighted by Crippen LogP contribution is 2.30. The lowest BCUT2D eigenvalue weighted by Gasteiger charge is -2.15. The number of hydrogen-bond donors (Lipinski definition) is 3. The predicted octanol–water partition coefficient (Wildman–Crippen LogP) is -1.56. The number of nitrogens with zero attached hydrogens (tertiary/aromatic N) is 4. The third-order valence-corrected chi connectivity index (χ3v) is 3.01. The Bertz CT molecular complexity index is 560. The van der Waals surface area contributed by atoms with Crippen molar-refractivity contribution in [3.8, 4) is 0 Å². The summed E-state index contributed by atoms with van der Waals surface area (Å²) in [6.07, 6.45) is 0.482. The van der Waals surface area contributed by atoms with Crippen LogP contribution >= 0.6 is 0 Å². The van der Waals surface area contributed by atoms with Crippen LogP contribution in [0.1, 0.15) is 6.23 Å². The number of hydrogen-bond acceptors (Lipinski definition) is 7. The molecule has 0 aliphatic carbocycles. The molecule has 1 aliphatic rings. The van der Waals surface area contributed by atoms with Crippen molar-refractivity contribution in [3.05, 3.63) is 18.7 Å². The molecule has 1 aliphatic heterocycles. The van der Waals surface area contributed by atoms with Gasteiger partial charge in [0, 0.05) is 6.20 Å². The second-order valence-electron chi connectivity index (χ2n) is 4.12. The van der Waals surface area contributed by atoms with Crippen LogP contribution in [0.15, 0.2) is 18.7 Å². The molecule has 1 saturated heterocycles. The van der Waals surface area contributed by atoms with E-state index in [0.29, 0.717) is 11.0 Å². The lowest BCUT2D eigenvalue weighted by atomic mass is 10.1. The van der Waals surface area contributed by atoms with E-state index in [-0.39, 0.29) is 6.61 Å². The fraction of sp³-hybridized carbons (Fsp3) is 0.500. The quantitative estimate of drug-likeness (QED) is 0.592. The third kappa shape index (κ3) is 1.58. The van der Waals surface area contributed by atoms with Gasteiger partial charge in [-0.1, -0.05) is 0 Å². The Balaban J connectivity index is 2.00. The molecule has 0 bridgehead atoms. The van der Waals surface area contributed by atoms with Crippen LogP contribution in [0, 0.1) is 0 Å². The Labute approximate surface area is 101 Å². The standard InChI is InChI=1S/C10H12N4O4/c15-3-6-7(16)8(17)10(18-6)14-9-5(2-13-14)1-11-4-12-9/h1-2,4,6-8,10,15-17H,3H2/t6-,7-,8-,10?/m1/s1. The summed E-state index contributed by atoms with van der Waals surface area (Å²) in [5, 5.41) is 33.4. The number of ether oxygens (including phenoxy) is 1. The highest BCUT2D eigenvalue weighted by atomic mass is 16.6. The molecule has 0 amide bonds. The van der Waals surface area contributed by atoms with Crippen molar-refractivity contribution in [1.29, 1.82) is 0 Å². The molecular weight excluding hydrogens is 240 g/mol. The van der Waals surface area contributed by atoms with Gasteiger partial charge in [-0.15, -0.1) is 0 Å². The van der Waals surface area contributed by atoms with Crippen molar-refractivity contribution in [2.24, 2.45) is 0 Å². The summed E-state index contributed by atoms with van der Waals surface area (Å²) in [7, 11) is 0. The topological polar surface area (TPSA) is 114 Å². The Morgan fingerprint density at radius 3 is 2.83 bits per heavy atom. The molecule has 0 radical (unpaired) electrons. The van der Waals surface area contributed by atoms with Gasteiger partial charge in [0.2, 0.25) is 0 Å². The summed E-state index contributed by atoms with van der Waals surface area (Å²) < 4.78 is 6.75. The minimum atomic E-state index is -1.17. The van der Waals surface area contributed by atoms with E-state index >= 15 is 0 Å². The first-order chi connectivity index (χ1) is 8.72. The van der Waals surface area contributed by atoms with Crippen LogP contribution < -0.4 is 0 Å². The Kier molecular flexibility index (Phi) is 2.71. The molecule has 3 heterocycles. The minimum Gasteiger partial charge on any atom is -0.394 e. The molecule has 4 atom stereocenters. The van der Waals surface area contributed by atoms with Crippen LogP contribution in [0.2, 0.25) is 0 Å². The van der Waals surface area contributed by atoms with Crippen molar-refractivity contribution >= 4 is 11.0 Å². The Hall–Kier alpha value is -1.61. The predicted molar refractivity (Wildman–Crippen MR) is 58.3 cm³/mol. The van der Waals surface area contributed by atoms with E-state index in [1.807, 2.05) is 0 Å². The van der Waals surface area contributed by atoms with E-state index in [1.54, 1.807) is 12.4 Å². The van der Waals surface area contributed by atoms with E-state index in [2.05, 4.69) is 15.1 Å². The van der Waals surface area contributed by atoms with Crippen LogP contribution in [0.4, 0.5) is 0 Å². The van der Waals surface area contributed by atoms with Gasteiger partial charge in [0.1, 0.15) is 24.6 Å². The first-order valence-corrected chi connectivity index (χ1v) is 5.48. The van der Waals surface area contributed by atoms with Crippen molar-refractivity contribution in [3.63, 3.8) is 0 Å². The summed E-state index contributed by atoms with van der Waals surface area (Å²) in [6.45, 7) is -0.372. The van der Waals surface area contributed by atoms with E-state index in [4.69, 9.17) is 9.84 Å². The fourth-order valence-corrected chi connectivity index (χ4v) is 2.06. The molecule has 0 saturated carbocycles. The molecule has 2 aromatic heterocycles. The average molecular weight is 252 g/mol. The summed E-state index contributed by atoms with van der Waals surface area (Å²) >= 11 is 0. The second kappa shape index (κ2) is 4.25. The molecule has 8 nitrogen and oxygen atoms in total. The minimum absolute atomic E-state index is 0.372. The number of aromatic nitrogens is 4. The number of aliphatic hydroxyl groups excluding tert-OH is 3. The van der Waals surface area contributed by atoms with Crippen molar-refractivity contribution in [1.82, 2.24) is 19.7 Å². The summed E-state index contributed by atoms with van der Waals surface area (Å²) in [5.74, 6) is 0. The maximum absolute atomic E-state index is 9.90. The van der Waals surface area contributed by atoms with Gasteiger partial charge < -0.3 is 20.1 Å². The van der Waals surface area contributed by atoms with Crippen LogP contribution in [-0.2, 0) is 4.74 Å². The molecule has 96 valence electrons. The molecule has 18 heavy (non-hydrogen) atoms. The zero-order valence-electron chi connectivity index (χ0n) is 9.29. The lowest BCUT2D eigenvalue weighted by molar-refractivity contribution is -0.0566. The van der Waals surface area contributed by atoms with Crippen LogP contribution in [0.25, 0.3) is 11.0 Å². The maximum Gasteiger partial charge on any atom is 0.181 e. The van der Waals surface area contributed by atoms with Crippen molar-refractivity contribution in [2.45, 2.75) is 24.5 Å². The average Bonchev–Trinajstić information content (AvgIpc) is 2.93. The molecule has 3 rings (SSSR count). The highest BCUT2D eigenvalue weighted by Gasteiger charge is 2.44. The third-order valence-electron chi connectivity index (χ3n) is 3.01. The largest absolute Gasteiger partial charge is 0.394 e. The first-order valence-electron chi connectivity index (χ1n) is 5.48. The second-order valence-corrected chi connectivity index (χ2v) is 4.12. The summed E-state index contributed by atoms with van der Waals surface area (Å²) in [5.41, 5.74) is 0.500. The van der Waals surface area contributed by atoms with Crippen LogP contribution in [0.5, 0.6) is 0 Å². The molecule has 2 aromatic rings. The summed E-state index contributed by atoms with van der Waals surface area (Å²) in [6, 6.07) is 0. The van der Waals surface area contributed by atoms with Gasteiger partial charge in [-0.3, -0.25) is 0 Å². The van der Waals surface area contributed by atoms with Crippen molar-refractivity contribution in [2.75, 3.05) is 6.61 Å². The van der Waals surface area contributed by atoms with Gasteiger partial charge in [0.25, 0.3) is 0 Å². The number of fused-ring (bicyclic) bond motifs is 1. The SMILES string of the molecule is OC[C@H]1OC(n2ncc3cncnc32)[C@H](O)[C@@H]1O. The van der Waals surface area contributed by atoms with Gasteiger partial charge in [-0.2, -0.15) is 5.10 Å². The van der Waals surface area contributed by atoms with Gasteiger partial charge >= 0.3 is 0 Å². The zero-order chi connectivity index (χ0) is 12.7. The molecule has 0 aromatic carbocycles. The normalized spacial score (nSPS) is 32.2. The van der Waals surface area contributed by atoms with E-state index < -0.39 is 24.5 Å². The monoisotopic (exact) mass is 252 g/mol. The van der Waals surface area contributed by atoms with Crippen molar-refractivity contribution < 1.29 is 20.1 Å². The van der Waals surface area contributed by atoms with Crippen LogP contribution in [-0.4, -0.2) is 60.0 Å². The fourth-order valence-electron chi connectivity index (χ4n) is 2.06. The maximum atomic E-state index is 9.90. The van der Waals surface area contributed by atoms with E-state index in [0.717, 1.165) is 0 Å². The lowest BCUT2D eigenvalue weighted by Crippen LogP contribution is -2.33. The summed E-state index contributed by atoms with van der Waals surface area (Å²) in [4.78, 5) is 7.91. The van der Waals surface area contributed by atoms with E-state index in [1.165, 1.54) is 11.0 Å². The zero-order valence-corrected chi connectivity index (χ0v) is 9.29. The van der Waals surface area contributed by atoms with Gasteiger partial charge in [-0.25, -0.2) is 14.6 Å². The first kappa shape index (κ1) is 11.5. The Morgan fingerprint density at radius 2 is 2.11 bits per heavy atom. The molecular formula is C10H12N4O4. The highest BCUT2D eigenvalue weighted by molar-refractivity contribution is 5.72. The van der Waals surface area contributed by atoms with Crippen LogP contribution in [0.3, 0.4) is 0 Å². The smallest absolute Gasteiger partial charge is 0.181 e. The Morgan fingerprint density at radius 1 is 1.28 bits per heavy atom. The molecule has 3 N–H and O–H groups in total.